The molecule has 0 saturated carbocycles. The smallest absolute Gasteiger partial charge is 0.223 e. The maximum Gasteiger partial charge on any atom is 0.223 e. The van der Waals surface area contributed by atoms with Crippen LogP contribution in [-0.2, 0) is 14.3 Å². The SMILES string of the molecule is CC(=O)N(CCC(=O)NCCN1CCOCC1)c1cc(C)ccc1C. The molecule has 1 aromatic rings. The normalized spacial score (nSPS) is 15.0. The van der Waals surface area contributed by atoms with Gasteiger partial charge in [0.15, 0.2) is 0 Å². The van der Waals surface area contributed by atoms with Gasteiger partial charge in [-0.1, -0.05) is 12.1 Å². The summed E-state index contributed by atoms with van der Waals surface area (Å²) in [6.07, 6.45) is 0.302. The summed E-state index contributed by atoms with van der Waals surface area (Å²) >= 11 is 0. The number of hydrogen-bond donors (Lipinski definition) is 1. The number of benzene rings is 1. The molecule has 0 unspecified atom stereocenters. The summed E-state index contributed by atoms with van der Waals surface area (Å²) in [5.41, 5.74) is 3.02. The van der Waals surface area contributed by atoms with Crippen LogP contribution < -0.4 is 10.2 Å². The van der Waals surface area contributed by atoms with Gasteiger partial charge in [-0.25, -0.2) is 0 Å². The van der Waals surface area contributed by atoms with Crippen LogP contribution in [0.3, 0.4) is 0 Å². The molecule has 2 rings (SSSR count). The van der Waals surface area contributed by atoms with Crippen LogP contribution in [0.15, 0.2) is 18.2 Å². The van der Waals surface area contributed by atoms with E-state index in [0.29, 0.717) is 19.5 Å². The minimum absolute atomic E-state index is 0.0233. The molecule has 1 fully saturated rings. The highest BCUT2D eigenvalue weighted by molar-refractivity contribution is 5.93. The molecule has 0 aliphatic carbocycles. The van der Waals surface area contributed by atoms with Crippen LogP contribution in [0, 0.1) is 13.8 Å². The maximum absolute atomic E-state index is 12.1. The lowest BCUT2D eigenvalue weighted by molar-refractivity contribution is -0.121. The molecule has 0 bridgehead atoms. The average Bonchev–Trinajstić information content (AvgIpc) is 2.58. The molecule has 1 saturated heterocycles. The van der Waals surface area contributed by atoms with E-state index in [4.69, 9.17) is 4.74 Å². The molecular weight excluding hydrogens is 318 g/mol. The van der Waals surface area contributed by atoms with E-state index in [1.165, 1.54) is 6.92 Å². The first-order valence-corrected chi connectivity index (χ1v) is 8.89. The fraction of sp³-hybridized carbons (Fsp3) is 0.579. The van der Waals surface area contributed by atoms with Gasteiger partial charge >= 0.3 is 0 Å². The summed E-state index contributed by atoms with van der Waals surface area (Å²) in [5.74, 6) is -0.0698. The second-order valence-electron chi connectivity index (χ2n) is 6.51. The molecule has 0 aromatic heterocycles. The Hall–Kier alpha value is -1.92. The maximum atomic E-state index is 12.1. The first-order valence-electron chi connectivity index (χ1n) is 8.89. The summed E-state index contributed by atoms with van der Waals surface area (Å²) < 4.78 is 5.31. The van der Waals surface area contributed by atoms with Crippen molar-refractivity contribution in [3.05, 3.63) is 29.3 Å². The molecular formula is C19H29N3O3. The second-order valence-corrected chi connectivity index (χ2v) is 6.51. The lowest BCUT2D eigenvalue weighted by Gasteiger charge is -2.26. The molecule has 1 aromatic carbocycles. The average molecular weight is 347 g/mol. The molecule has 1 heterocycles. The predicted molar refractivity (Wildman–Crippen MR) is 98.8 cm³/mol. The van der Waals surface area contributed by atoms with Gasteiger partial charge in [0.05, 0.1) is 13.2 Å². The number of nitrogens with one attached hydrogen (secondary N) is 1. The Morgan fingerprint density at radius 1 is 1.24 bits per heavy atom. The minimum atomic E-state index is -0.0465. The molecule has 138 valence electrons. The number of nitrogens with zero attached hydrogens (tertiary/aromatic N) is 2. The van der Waals surface area contributed by atoms with Gasteiger partial charge in [-0.15, -0.1) is 0 Å². The fourth-order valence-corrected chi connectivity index (χ4v) is 2.94. The Labute approximate surface area is 150 Å². The predicted octanol–water partition coefficient (Wildman–Crippen LogP) is 1.49. The number of aryl methyl sites for hydroxylation is 2. The van der Waals surface area contributed by atoms with Gasteiger partial charge in [-0.3, -0.25) is 14.5 Å². The zero-order valence-electron chi connectivity index (χ0n) is 15.5. The van der Waals surface area contributed by atoms with Crippen molar-refractivity contribution < 1.29 is 14.3 Å². The molecule has 6 heteroatoms. The van der Waals surface area contributed by atoms with Crippen LogP contribution in [0.5, 0.6) is 0 Å². The summed E-state index contributed by atoms with van der Waals surface area (Å²) in [4.78, 5) is 28.1. The number of carbonyl (C=O) groups excluding carboxylic acids is 2. The Morgan fingerprint density at radius 3 is 2.64 bits per heavy atom. The summed E-state index contributed by atoms with van der Waals surface area (Å²) in [5, 5.41) is 2.94. The van der Waals surface area contributed by atoms with E-state index in [2.05, 4.69) is 10.2 Å². The molecule has 25 heavy (non-hydrogen) atoms. The third-order valence-electron chi connectivity index (χ3n) is 4.45. The monoisotopic (exact) mass is 347 g/mol. The topological polar surface area (TPSA) is 61.9 Å². The van der Waals surface area contributed by atoms with Crippen molar-refractivity contribution in [2.24, 2.45) is 0 Å². The Morgan fingerprint density at radius 2 is 1.96 bits per heavy atom. The van der Waals surface area contributed by atoms with Gasteiger partial charge in [0.25, 0.3) is 0 Å². The summed E-state index contributed by atoms with van der Waals surface area (Å²) in [7, 11) is 0. The van der Waals surface area contributed by atoms with Gasteiger partial charge < -0.3 is 15.0 Å². The van der Waals surface area contributed by atoms with Crippen LogP contribution >= 0.6 is 0 Å². The fourth-order valence-electron chi connectivity index (χ4n) is 2.94. The third-order valence-corrected chi connectivity index (χ3v) is 4.45. The quantitative estimate of drug-likeness (QED) is 0.812. The van der Waals surface area contributed by atoms with Crippen LogP contribution in [-0.4, -0.2) is 62.7 Å². The zero-order valence-corrected chi connectivity index (χ0v) is 15.5. The van der Waals surface area contributed by atoms with Crippen LogP contribution in [0.25, 0.3) is 0 Å². The number of ether oxygens (including phenoxy) is 1. The highest BCUT2D eigenvalue weighted by Crippen LogP contribution is 2.22. The van der Waals surface area contributed by atoms with Crippen molar-refractivity contribution in [2.45, 2.75) is 27.2 Å². The molecule has 0 atom stereocenters. The van der Waals surface area contributed by atoms with Crippen molar-refractivity contribution in [3.63, 3.8) is 0 Å². The van der Waals surface area contributed by atoms with Crippen molar-refractivity contribution in [1.29, 1.82) is 0 Å². The number of morpholine rings is 1. The van der Waals surface area contributed by atoms with E-state index in [1.807, 2.05) is 32.0 Å². The van der Waals surface area contributed by atoms with E-state index in [9.17, 15) is 9.59 Å². The number of hydrogen-bond acceptors (Lipinski definition) is 4. The van der Waals surface area contributed by atoms with Crippen LogP contribution in [0.2, 0.25) is 0 Å². The van der Waals surface area contributed by atoms with E-state index < -0.39 is 0 Å². The molecule has 0 radical (unpaired) electrons. The van der Waals surface area contributed by atoms with Gasteiger partial charge in [-0.05, 0) is 31.0 Å². The molecule has 6 nitrogen and oxygen atoms in total. The lowest BCUT2D eigenvalue weighted by Crippen LogP contribution is -2.42. The first-order chi connectivity index (χ1) is 12.0. The highest BCUT2D eigenvalue weighted by Gasteiger charge is 2.16. The molecule has 0 spiro atoms. The van der Waals surface area contributed by atoms with Gasteiger partial charge in [0.1, 0.15) is 0 Å². The third kappa shape index (κ3) is 6.14. The van der Waals surface area contributed by atoms with Crippen LogP contribution in [0.1, 0.15) is 24.5 Å². The largest absolute Gasteiger partial charge is 0.379 e. The van der Waals surface area contributed by atoms with E-state index in [-0.39, 0.29) is 11.8 Å². The first kappa shape index (κ1) is 19.4. The number of anilines is 1. The molecule has 1 aliphatic rings. The Balaban J connectivity index is 1.81. The van der Waals surface area contributed by atoms with Crippen molar-refractivity contribution >= 4 is 17.5 Å². The molecule has 1 aliphatic heterocycles. The van der Waals surface area contributed by atoms with E-state index in [0.717, 1.165) is 49.7 Å². The minimum Gasteiger partial charge on any atom is -0.379 e. The number of rotatable bonds is 7. The highest BCUT2D eigenvalue weighted by atomic mass is 16.5. The Bertz CT molecular complexity index is 598. The van der Waals surface area contributed by atoms with Crippen molar-refractivity contribution in [1.82, 2.24) is 10.2 Å². The van der Waals surface area contributed by atoms with Gasteiger partial charge in [0, 0.05) is 51.8 Å². The lowest BCUT2D eigenvalue weighted by atomic mass is 10.1. The van der Waals surface area contributed by atoms with E-state index >= 15 is 0 Å². The van der Waals surface area contributed by atoms with Gasteiger partial charge in [-0.2, -0.15) is 0 Å². The Kier molecular flexibility index (Phi) is 7.40. The van der Waals surface area contributed by atoms with Crippen molar-refractivity contribution in [2.75, 3.05) is 50.8 Å². The summed E-state index contributed by atoms with van der Waals surface area (Å²) in [6, 6.07) is 6.02. The summed E-state index contributed by atoms with van der Waals surface area (Å²) in [6.45, 7) is 10.7. The standard InChI is InChI=1S/C19H29N3O3/c1-15-4-5-16(2)18(14-15)22(17(3)23)8-6-19(24)20-7-9-21-10-12-25-13-11-21/h4-5,14H,6-13H2,1-3H3,(H,20,24). The second kappa shape index (κ2) is 9.53. The van der Waals surface area contributed by atoms with Gasteiger partial charge in [0.2, 0.25) is 11.8 Å². The van der Waals surface area contributed by atoms with E-state index in [1.54, 1.807) is 4.90 Å². The number of carbonyl (C=O) groups is 2. The van der Waals surface area contributed by atoms with Crippen LogP contribution in [0.4, 0.5) is 5.69 Å². The molecule has 2 amide bonds. The zero-order chi connectivity index (χ0) is 18.2. The molecule has 1 N–H and O–H groups in total. The van der Waals surface area contributed by atoms with Crippen molar-refractivity contribution in [3.8, 4) is 0 Å². The number of amides is 2.